The lowest BCUT2D eigenvalue weighted by Crippen LogP contribution is -2.38. The van der Waals surface area contributed by atoms with Crippen molar-refractivity contribution in [2.24, 2.45) is 0 Å². The lowest BCUT2D eigenvalue weighted by atomic mass is 10.00. The summed E-state index contributed by atoms with van der Waals surface area (Å²) < 4.78 is 0. The second kappa shape index (κ2) is 6.87. The molecule has 2 unspecified atom stereocenters. The third-order valence-electron chi connectivity index (χ3n) is 3.31. The fraction of sp³-hybridized carbons (Fsp3) is 0.235. The topological polar surface area (TPSA) is 49.3 Å². The monoisotopic (exact) mass is 269 g/mol. The third kappa shape index (κ3) is 3.45. The molecule has 0 fully saturated rings. The molecule has 0 saturated carbocycles. The Morgan fingerprint density at radius 1 is 1.05 bits per heavy atom. The molecule has 104 valence electrons. The first kappa shape index (κ1) is 14.3. The summed E-state index contributed by atoms with van der Waals surface area (Å²) in [4.78, 5) is 12.1. The van der Waals surface area contributed by atoms with Gasteiger partial charge in [-0.15, -0.1) is 0 Å². The van der Waals surface area contributed by atoms with Crippen LogP contribution in [0.3, 0.4) is 0 Å². The van der Waals surface area contributed by atoms with Crippen LogP contribution < -0.4 is 5.32 Å². The van der Waals surface area contributed by atoms with E-state index in [0.29, 0.717) is 12.0 Å². The van der Waals surface area contributed by atoms with Crippen LogP contribution in [0.15, 0.2) is 60.7 Å². The molecule has 0 aliphatic heterocycles. The fourth-order valence-corrected chi connectivity index (χ4v) is 2.13. The summed E-state index contributed by atoms with van der Waals surface area (Å²) in [6.45, 7) is 1.95. The molecule has 0 saturated heterocycles. The predicted octanol–water partition coefficient (Wildman–Crippen LogP) is 2.93. The van der Waals surface area contributed by atoms with Gasteiger partial charge in [0.15, 0.2) is 0 Å². The van der Waals surface area contributed by atoms with E-state index in [1.54, 1.807) is 12.1 Å². The SMILES string of the molecule is CCC(NC(=O)c1ccccc1)C(O)c1ccccc1. The molecule has 2 aromatic rings. The number of hydrogen-bond donors (Lipinski definition) is 2. The maximum atomic E-state index is 12.1. The minimum atomic E-state index is -0.700. The van der Waals surface area contributed by atoms with Gasteiger partial charge in [-0.05, 0) is 24.1 Å². The Morgan fingerprint density at radius 3 is 2.15 bits per heavy atom. The summed E-state index contributed by atoms with van der Waals surface area (Å²) in [5, 5.41) is 13.3. The second-order valence-corrected chi connectivity index (χ2v) is 4.71. The number of aliphatic hydroxyl groups is 1. The number of nitrogens with one attached hydrogen (secondary N) is 1. The molecule has 3 heteroatoms. The summed E-state index contributed by atoms with van der Waals surface area (Å²) in [5.74, 6) is -0.160. The van der Waals surface area contributed by atoms with Crippen LogP contribution in [0.4, 0.5) is 0 Å². The average Bonchev–Trinajstić information content (AvgIpc) is 2.53. The molecule has 0 heterocycles. The van der Waals surface area contributed by atoms with E-state index in [1.807, 2.05) is 55.5 Å². The van der Waals surface area contributed by atoms with E-state index in [1.165, 1.54) is 0 Å². The maximum absolute atomic E-state index is 12.1. The van der Waals surface area contributed by atoms with Crippen LogP contribution in [-0.4, -0.2) is 17.1 Å². The van der Waals surface area contributed by atoms with Crippen LogP contribution in [0, 0.1) is 0 Å². The maximum Gasteiger partial charge on any atom is 0.251 e. The van der Waals surface area contributed by atoms with Crippen LogP contribution in [0.1, 0.15) is 35.4 Å². The Balaban J connectivity index is 2.08. The molecule has 20 heavy (non-hydrogen) atoms. The quantitative estimate of drug-likeness (QED) is 0.876. The molecule has 1 amide bonds. The lowest BCUT2D eigenvalue weighted by molar-refractivity contribution is 0.0827. The van der Waals surface area contributed by atoms with Crippen molar-refractivity contribution in [1.29, 1.82) is 0 Å². The largest absolute Gasteiger partial charge is 0.386 e. The van der Waals surface area contributed by atoms with Crippen LogP contribution in [0.5, 0.6) is 0 Å². The van der Waals surface area contributed by atoms with Gasteiger partial charge in [0.25, 0.3) is 5.91 Å². The predicted molar refractivity (Wildman–Crippen MR) is 79.4 cm³/mol. The summed E-state index contributed by atoms with van der Waals surface area (Å²) in [6.07, 6.45) is -0.0388. The Hall–Kier alpha value is -2.13. The standard InChI is InChI=1S/C17H19NO2/c1-2-15(16(19)13-9-5-3-6-10-13)18-17(20)14-11-7-4-8-12-14/h3-12,15-16,19H,2H2,1H3,(H,18,20). The second-order valence-electron chi connectivity index (χ2n) is 4.71. The lowest BCUT2D eigenvalue weighted by Gasteiger charge is -2.23. The van der Waals surface area contributed by atoms with Crippen molar-refractivity contribution >= 4 is 5.91 Å². The first-order valence-corrected chi connectivity index (χ1v) is 6.81. The highest BCUT2D eigenvalue weighted by Gasteiger charge is 2.21. The number of carbonyl (C=O) groups is 1. The van der Waals surface area contributed by atoms with Gasteiger partial charge in [0.1, 0.15) is 0 Å². The van der Waals surface area contributed by atoms with E-state index in [-0.39, 0.29) is 11.9 Å². The van der Waals surface area contributed by atoms with Crippen molar-refractivity contribution in [3.63, 3.8) is 0 Å². The van der Waals surface area contributed by atoms with Crippen LogP contribution >= 0.6 is 0 Å². The van der Waals surface area contributed by atoms with Gasteiger partial charge in [0, 0.05) is 5.56 Å². The van der Waals surface area contributed by atoms with E-state index in [2.05, 4.69) is 5.32 Å². The fourth-order valence-electron chi connectivity index (χ4n) is 2.13. The highest BCUT2D eigenvalue weighted by atomic mass is 16.3. The highest BCUT2D eigenvalue weighted by molar-refractivity contribution is 5.94. The van der Waals surface area contributed by atoms with Crippen molar-refractivity contribution < 1.29 is 9.90 Å². The number of amides is 1. The molecule has 2 aromatic carbocycles. The Labute approximate surface area is 119 Å². The first-order valence-electron chi connectivity index (χ1n) is 6.81. The van der Waals surface area contributed by atoms with Crippen LogP contribution in [0.25, 0.3) is 0 Å². The molecule has 0 aliphatic carbocycles. The summed E-state index contributed by atoms with van der Waals surface area (Å²) in [6, 6.07) is 18.1. The molecule has 0 bridgehead atoms. The van der Waals surface area contributed by atoms with Crippen molar-refractivity contribution in [3.05, 3.63) is 71.8 Å². The molecule has 0 aromatic heterocycles. The summed E-state index contributed by atoms with van der Waals surface area (Å²) in [7, 11) is 0. The molecule has 0 aliphatic rings. The number of benzene rings is 2. The zero-order chi connectivity index (χ0) is 14.4. The molecule has 2 atom stereocenters. The van der Waals surface area contributed by atoms with E-state index < -0.39 is 6.10 Å². The van der Waals surface area contributed by atoms with E-state index in [4.69, 9.17) is 0 Å². The van der Waals surface area contributed by atoms with Crippen molar-refractivity contribution in [2.45, 2.75) is 25.5 Å². The van der Waals surface area contributed by atoms with Gasteiger partial charge < -0.3 is 10.4 Å². The highest BCUT2D eigenvalue weighted by Crippen LogP contribution is 2.18. The minimum absolute atomic E-state index is 0.160. The zero-order valence-electron chi connectivity index (χ0n) is 11.5. The van der Waals surface area contributed by atoms with Crippen LogP contribution in [0.2, 0.25) is 0 Å². The Morgan fingerprint density at radius 2 is 1.60 bits per heavy atom. The molecular weight excluding hydrogens is 250 g/mol. The molecule has 0 spiro atoms. The van der Waals surface area contributed by atoms with Gasteiger partial charge in [-0.25, -0.2) is 0 Å². The normalized spacial score (nSPS) is 13.5. The van der Waals surface area contributed by atoms with Crippen molar-refractivity contribution in [2.75, 3.05) is 0 Å². The average molecular weight is 269 g/mol. The zero-order valence-corrected chi connectivity index (χ0v) is 11.5. The van der Waals surface area contributed by atoms with E-state index in [9.17, 15) is 9.90 Å². The third-order valence-corrected chi connectivity index (χ3v) is 3.31. The molecule has 0 radical (unpaired) electrons. The molecule has 3 nitrogen and oxygen atoms in total. The Bertz CT molecular complexity index is 539. The molecule has 2 rings (SSSR count). The summed E-state index contributed by atoms with van der Waals surface area (Å²) >= 11 is 0. The Kier molecular flexibility index (Phi) is 4.91. The van der Waals surface area contributed by atoms with Gasteiger partial charge in [-0.2, -0.15) is 0 Å². The number of carbonyl (C=O) groups excluding carboxylic acids is 1. The number of aliphatic hydroxyl groups excluding tert-OH is 1. The van der Waals surface area contributed by atoms with E-state index in [0.717, 1.165) is 5.56 Å². The van der Waals surface area contributed by atoms with Crippen molar-refractivity contribution in [1.82, 2.24) is 5.32 Å². The van der Waals surface area contributed by atoms with Crippen molar-refractivity contribution in [3.8, 4) is 0 Å². The van der Waals surface area contributed by atoms with E-state index >= 15 is 0 Å². The van der Waals surface area contributed by atoms with Gasteiger partial charge in [-0.1, -0.05) is 55.5 Å². The number of rotatable bonds is 5. The summed E-state index contributed by atoms with van der Waals surface area (Å²) in [5.41, 5.74) is 1.42. The number of hydrogen-bond acceptors (Lipinski definition) is 2. The first-order chi connectivity index (χ1) is 9.72. The van der Waals surface area contributed by atoms with Gasteiger partial charge in [0.05, 0.1) is 12.1 Å². The smallest absolute Gasteiger partial charge is 0.251 e. The molecule has 2 N–H and O–H groups in total. The molecular formula is C17H19NO2. The van der Waals surface area contributed by atoms with Gasteiger partial charge >= 0.3 is 0 Å². The van der Waals surface area contributed by atoms with Gasteiger partial charge in [-0.3, -0.25) is 4.79 Å². The van der Waals surface area contributed by atoms with Crippen LogP contribution in [-0.2, 0) is 0 Å². The minimum Gasteiger partial charge on any atom is -0.386 e. The van der Waals surface area contributed by atoms with Gasteiger partial charge in [0.2, 0.25) is 0 Å².